The number of hydrogen-bond donors (Lipinski definition) is 0. The van der Waals surface area contributed by atoms with Gasteiger partial charge in [-0.15, -0.1) is 0 Å². The van der Waals surface area contributed by atoms with E-state index in [2.05, 4.69) is 0 Å². The minimum atomic E-state index is -0.343. The fourth-order valence-electron chi connectivity index (χ4n) is 3.14. The normalized spacial score (nSPS) is 10.8. The first-order valence-corrected chi connectivity index (χ1v) is 13.4. The van der Waals surface area contributed by atoms with Crippen molar-refractivity contribution in [2.24, 2.45) is 0 Å². The van der Waals surface area contributed by atoms with Crippen LogP contribution in [-0.2, 0) is 14.2 Å². The van der Waals surface area contributed by atoms with E-state index < -0.39 is 0 Å². The quantitative estimate of drug-likeness (QED) is 0.149. The average molecular weight is 551 g/mol. The van der Waals surface area contributed by atoms with Gasteiger partial charge < -0.3 is 34.6 Å². The summed E-state index contributed by atoms with van der Waals surface area (Å²) in [5.74, 6) is 1.91. The van der Waals surface area contributed by atoms with Gasteiger partial charge in [0.2, 0.25) is 0 Å². The molecule has 1 atom stereocenters. The Kier molecular flexibility index (Phi) is 17.7. The molecule has 0 saturated carbocycles. The summed E-state index contributed by atoms with van der Waals surface area (Å²) in [7, 11) is 1.16. The molecular formula is C26H37ClLiO8P. The third kappa shape index (κ3) is 11.4. The van der Waals surface area contributed by atoms with Crippen LogP contribution in [-0.4, -0.2) is 72.1 Å². The number of ether oxygens (including phenoxy) is 7. The molecule has 2 aromatic rings. The fourth-order valence-corrected chi connectivity index (χ4v) is 4.62. The van der Waals surface area contributed by atoms with Gasteiger partial charge in [0, 0.05) is 32.0 Å². The molecule has 0 spiro atoms. The maximum Gasteiger partial charge on any atom is 1.00 e. The minimum Gasteiger partial charge on any atom is -1.00 e. The van der Waals surface area contributed by atoms with Crippen LogP contribution in [0.1, 0.15) is 32.6 Å². The predicted molar refractivity (Wildman–Crippen MR) is 144 cm³/mol. The molecule has 0 aliphatic rings. The number of rotatable bonds is 19. The van der Waals surface area contributed by atoms with Crippen molar-refractivity contribution >= 4 is 31.0 Å². The van der Waals surface area contributed by atoms with Gasteiger partial charge in [0.25, 0.3) is 0 Å². The Balaban J connectivity index is 0.00000684. The third-order valence-corrected chi connectivity index (χ3v) is 6.31. The molecule has 0 fully saturated rings. The monoisotopic (exact) mass is 550 g/mol. The SMILES string of the molecule is CCOCCOc1cc(OCCOCC)c(PC(=O)c2c(Cl)cccc2OC)c(OCCOCC)c1.[H-].[Li+]. The number of carbonyl (C=O) groups excluding carboxylic acids is 1. The molecule has 0 amide bonds. The zero-order chi connectivity index (χ0) is 26.2. The van der Waals surface area contributed by atoms with Gasteiger partial charge in [0.1, 0.15) is 42.8 Å². The van der Waals surface area contributed by atoms with E-state index in [0.29, 0.717) is 98.4 Å². The summed E-state index contributed by atoms with van der Waals surface area (Å²) >= 11 is 6.37. The Hall–Kier alpha value is -1.49. The minimum absolute atomic E-state index is 0. The van der Waals surface area contributed by atoms with E-state index in [-0.39, 0.29) is 34.4 Å². The van der Waals surface area contributed by atoms with Crippen molar-refractivity contribution in [2.45, 2.75) is 20.8 Å². The molecule has 0 N–H and O–H groups in total. The summed E-state index contributed by atoms with van der Waals surface area (Å²) in [6.07, 6.45) is 0. The molecule has 0 radical (unpaired) electrons. The number of hydrogen-bond acceptors (Lipinski definition) is 8. The van der Waals surface area contributed by atoms with Crippen LogP contribution < -0.4 is 43.1 Å². The van der Waals surface area contributed by atoms with Gasteiger partial charge >= 0.3 is 18.9 Å². The van der Waals surface area contributed by atoms with Crippen LogP contribution in [0.5, 0.6) is 23.0 Å². The number of methoxy groups -OCH3 is 1. The predicted octanol–water partition coefficient (Wildman–Crippen LogP) is 1.86. The van der Waals surface area contributed by atoms with Crippen LogP contribution in [0.3, 0.4) is 0 Å². The molecule has 0 bridgehead atoms. The van der Waals surface area contributed by atoms with Gasteiger partial charge in [-0.3, -0.25) is 4.79 Å². The standard InChI is InChI=1S/C26H36ClO8P.Li.H/c1-5-30-11-14-33-19-17-22(34-15-12-31-6-2)25(23(18-19)35-16-13-32-7-3)36-26(28)24-20(27)9-8-10-21(24)29-4;;/h8-10,17-18,36H,5-7,11-16H2,1-4H3;;/q;+1;-1. The van der Waals surface area contributed by atoms with Gasteiger partial charge in [0.15, 0.2) is 5.52 Å². The number of halogens is 1. The van der Waals surface area contributed by atoms with Crippen LogP contribution in [0.4, 0.5) is 0 Å². The molecule has 0 aromatic heterocycles. The van der Waals surface area contributed by atoms with Crippen LogP contribution in [0.25, 0.3) is 0 Å². The van der Waals surface area contributed by atoms with Crippen LogP contribution >= 0.6 is 20.2 Å². The van der Waals surface area contributed by atoms with Gasteiger partial charge in [-0.05, 0) is 41.5 Å². The van der Waals surface area contributed by atoms with Gasteiger partial charge in [-0.2, -0.15) is 0 Å². The average Bonchev–Trinajstić information content (AvgIpc) is 2.88. The van der Waals surface area contributed by atoms with Crippen molar-refractivity contribution in [3.05, 3.63) is 40.9 Å². The Morgan fingerprint density at radius 3 is 1.81 bits per heavy atom. The molecular weight excluding hydrogens is 514 g/mol. The zero-order valence-corrected chi connectivity index (χ0v) is 24.2. The van der Waals surface area contributed by atoms with E-state index in [1.807, 2.05) is 20.8 Å². The van der Waals surface area contributed by atoms with Crippen molar-refractivity contribution in [3.8, 4) is 23.0 Å². The van der Waals surface area contributed by atoms with Gasteiger partial charge in [-0.25, -0.2) is 0 Å². The third-order valence-electron chi connectivity index (χ3n) is 4.78. The Morgan fingerprint density at radius 2 is 1.32 bits per heavy atom. The zero-order valence-electron chi connectivity index (χ0n) is 23.4. The summed E-state index contributed by atoms with van der Waals surface area (Å²) < 4.78 is 39.5. The van der Waals surface area contributed by atoms with E-state index in [9.17, 15) is 4.79 Å². The second kappa shape index (κ2) is 19.6. The molecule has 0 aliphatic heterocycles. The van der Waals surface area contributed by atoms with E-state index in [0.717, 1.165) is 0 Å². The van der Waals surface area contributed by atoms with Crippen molar-refractivity contribution in [3.63, 3.8) is 0 Å². The Bertz CT molecular complexity index is 920. The summed E-state index contributed by atoms with van der Waals surface area (Å²) in [6.45, 7) is 9.75. The summed E-state index contributed by atoms with van der Waals surface area (Å²) in [6, 6.07) is 8.62. The molecule has 202 valence electrons. The maximum atomic E-state index is 13.4. The second-order valence-corrected chi connectivity index (χ2v) is 8.81. The first kappa shape index (κ1) is 33.5. The maximum absolute atomic E-state index is 13.4. The second-order valence-electron chi connectivity index (χ2n) is 7.20. The molecule has 37 heavy (non-hydrogen) atoms. The van der Waals surface area contributed by atoms with Crippen molar-refractivity contribution in [1.29, 1.82) is 0 Å². The van der Waals surface area contributed by atoms with Crippen molar-refractivity contribution in [1.82, 2.24) is 0 Å². The summed E-state index contributed by atoms with van der Waals surface area (Å²) in [4.78, 5) is 13.4. The summed E-state index contributed by atoms with van der Waals surface area (Å²) in [5, 5.41) is 0.924. The van der Waals surface area contributed by atoms with E-state index in [1.165, 1.54) is 7.11 Å². The Labute approximate surface area is 240 Å². The van der Waals surface area contributed by atoms with E-state index in [4.69, 9.17) is 44.8 Å². The molecule has 2 rings (SSSR count). The molecule has 0 heterocycles. The molecule has 0 saturated heterocycles. The Morgan fingerprint density at radius 1 is 0.811 bits per heavy atom. The van der Waals surface area contributed by atoms with E-state index in [1.54, 1.807) is 30.3 Å². The first-order valence-electron chi connectivity index (χ1n) is 12.0. The number of benzene rings is 2. The van der Waals surface area contributed by atoms with Gasteiger partial charge in [0.05, 0.1) is 42.8 Å². The van der Waals surface area contributed by atoms with Crippen LogP contribution in [0.2, 0.25) is 5.02 Å². The van der Waals surface area contributed by atoms with Crippen molar-refractivity contribution < 1.29 is 58.2 Å². The topological polar surface area (TPSA) is 81.7 Å². The molecule has 8 nitrogen and oxygen atoms in total. The smallest absolute Gasteiger partial charge is 1.00 e. The molecule has 11 heteroatoms. The fraction of sp³-hybridized carbons (Fsp3) is 0.500. The first-order chi connectivity index (χ1) is 17.5. The van der Waals surface area contributed by atoms with Crippen molar-refractivity contribution in [2.75, 3.05) is 66.6 Å². The van der Waals surface area contributed by atoms with Crippen LogP contribution in [0, 0.1) is 0 Å². The number of carbonyl (C=O) groups is 1. The van der Waals surface area contributed by atoms with E-state index >= 15 is 0 Å². The summed E-state index contributed by atoms with van der Waals surface area (Å²) in [5.41, 5.74) is 0.115. The molecule has 0 aliphatic carbocycles. The van der Waals surface area contributed by atoms with Crippen LogP contribution in [0.15, 0.2) is 30.3 Å². The largest absolute Gasteiger partial charge is 1.00 e. The molecule has 1 unspecified atom stereocenters. The molecule has 2 aromatic carbocycles. The van der Waals surface area contributed by atoms with Gasteiger partial charge in [-0.1, -0.05) is 17.7 Å².